The van der Waals surface area contributed by atoms with Crippen molar-refractivity contribution in [2.75, 3.05) is 13.6 Å². The van der Waals surface area contributed by atoms with E-state index in [4.69, 9.17) is 4.42 Å². The normalized spacial score (nSPS) is 13.0. The first-order valence-corrected chi connectivity index (χ1v) is 9.53. The van der Waals surface area contributed by atoms with Crippen LogP contribution in [0.3, 0.4) is 0 Å². The van der Waals surface area contributed by atoms with Crippen molar-refractivity contribution < 1.29 is 4.42 Å². The average molecular weight is 361 g/mol. The van der Waals surface area contributed by atoms with Crippen LogP contribution in [0.1, 0.15) is 24.1 Å². The Morgan fingerprint density at radius 3 is 2.96 bits per heavy atom. The van der Waals surface area contributed by atoms with Crippen LogP contribution in [0, 0.1) is 0 Å². The molecule has 0 saturated heterocycles. The van der Waals surface area contributed by atoms with Gasteiger partial charge in [-0.2, -0.15) is 11.3 Å². The zero-order valence-electron chi connectivity index (χ0n) is 13.7. The molecule has 3 rings (SSSR count). The van der Waals surface area contributed by atoms with E-state index in [1.807, 2.05) is 17.5 Å². The molecule has 126 valence electrons. The van der Waals surface area contributed by atoms with E-state index in [1.54, 1.807) is 36.0 Å². The van der Waals surface area contributed by atoms with Crippen LogP contribution in [-0.2, 0) is 6.54 Å². The summed E-state index contributed by atoms with van der Waals surface area (Å²) < 4.78 is 5.52. The Labute approximate surface area is 149 Å². The summed E-state index contributed by atoms with van der Waals surface area (Å²) in [7, 11) is 1.77. The van der Waals surface area contributed by atoms with Gasteiger partial charge >= 0.3 is 0 Å². The summed E-state index contributed by atoms with van der Waals surface area (Å²) in [5.74, 6) is 1.86. The van der Waals surface area contributed by atoms with Crippen LogP contribution in [-0.4, -0.2) is 24.5 Å². The number of aliphatic imine (C=N–C) groups is 1. The predicted molar refractivity (Wildman–Crippen MR) is 101 cm³/mol. The first-order chi connectivity index (χ1) is 11.8. The lowest BCUT2D eigenvalue weighted by Gasteiger charge is -2.14. The number of thiophene rings is 2. The summed E-state index contributed by atoms with van der Waals surface area (Å²) >= 11 is 3.34. The van der Waals surface area contributed by atoms with Gasteiger partial charge in [-0.25, -0.2) is 4.98 Å². The largest absolute Gasteiger partial charge is 0.443 e. The lowest BCUT2D eigenvalue weighted by molar-refractivity contribution is 0.573. The number of hydrogen-bond acceptors (Lipinski definition) is 5. The SMILES string of the molecule is CN=C(NCc1coc(-c2cccs2)n1)NCC(C)c1ccsc1. The first-order valence-electron chi connectivity index (χ1n) is 7.71. The molecule has 0 fully saturated rings. The van der Waals surface area contributed by atoms with Crippen molar-refractivity contribution in [3.8, 4) is 10.8 Å². The maximum atomic E-state index is 5.52. The minimum absolute atomic E-state index is 0.437. The highest BCUT2D eigenvalue weighted by Crippen LogP contribution is 2.23. The van der Waals surface area contributed by atoms with E-state index >= 15 is 0 Å². The molecule has 5 nitrogen and oxygen atoms in total. The molecule has 7 heteroatoms. The molecular weight excluding hydrogens is 340 g/mol. The predicted octanol–water partition coefficient (Wildman–Crippen LogP) is 3.93. The molecule has 3 aromatic heterocycles. The molecule has 0 bridgehead atoms. The highest BCUT2D eigenvalue weighted by atomic mass is 32.1. The van der Waals surface area contributed by atoms with Gasteiger partial charge in [0.25, 0.3) is 0 Å². The topological polar surface area (TPSA) is 62.5 Å². The average Bonchev–Trinajstić information content (AvgIpc) is 3.35. The molecule has 24 heavy (non-hydrogen) atoms. The molecule has 3 heterocycles. The fourth-order valence-electron chi connectivity index (χ4n) is 2.22. The van der Waals surface area contributed by atoms with Gasteiger partial charge in [-0.3, -0.25) is 4.99 Å². The Morgan fingerprint density at radius 2 is 2.25 bits per heavy atom. The Morgan fingerprint density at radius 1 is 1.33 bits per heavy atom. The summed E-state index contributed by atoms with van der Waals surface area (Å²) in [6, 6.07) is 6.15. The van der Waals surface area contributed by atoms with Crippen LogP contribution in [0.5, 0.6) is 0 Å². The molecule has 0 aliphatic rings. The molecule has 2 N–H and O–H groups in total. The van der Waals surface area contributed by atoms with Gasteiger partial charge in [0.15, 0.2) is 5.96 Å². The molecule has 0 aliphatic heterocycles. The lowest BCUT2D eigenvalue weighted by Crippen LogP contribution is -2.38. The van der Waals surface area contributed by atoms with Gasteiger partial charge in [0.2, 0.25) is 5.89 Å². The van der Waals surface area contributed by atoms with E-state index < -0.39 is 0 Å². The highest BCUT2D eigenvalue weighted by Gasteiger charge is 2.09. The second-order valence-electron chi connectivity index (χ2n) is 5.39. The second-order valence-corrected chi connectivity index (χ2v) is 7.11. The Hall–Kier alpha value is -2.12. The van der Waals surface area contributed by atoms with E-state index in [0.717, 1.165) is 23.1 Å². The van der Waals surface area contributed by atoms with Crippen molar-refractivity contribution >= 4 is 28.6 Å². The minimum atomic E-state index is 0.437. The van der Waals surface area contributed by atoms with Gasteiger partial charge in [-0.15, -0.1) is 11.3 Å². The van der Waals surface area contributed by atoms with Crippen LogP contribution < -0.4 is 10.6 Å². The van der Waals surface area contributed by atoms with Crippen LogP contribution in [0.25, 0.3) is 10.8 Å². The smallest absolute Gasteiger partial charge is 0.236 e. The third-order valence-corrected chi connectivity index (χ3v) is 5.19. The maximum Gasteiger partial charge on any atom is 0.236 e. The van der Waals surface area contributed by atoms with Crippen molar-refractivity contribution in [1.82, 2.24) is 15.6 Å². The number of guanidine groups is 1. The summed E-state index contributed by atoms with van der Waals surface area (Å²) in [5.41, 5.74) is 2.20. The van der Waals surface area contributed by atoms with E-state index in [-0.39, 0.29) is 0 Å². The van der Waals surface area contributed by atoms with Crippen LogP contribution in [0.2, 0.25) is 0 Å². The zero-order chi connectivity index (χ0) is 16.8. The Bertz CT molecular complexity index is 762. The van der Waals surface area contributed by atoms with Crippen molar-refractivity contribution in [2.24, 2.45) is 4.99 Å². The van der Waals surface area contributed by atoms with Gasteiger partial charge in [0.1, 0.15) is 6.26 Å². The molecule has 0 aliphatic carbocycles. The Kier molecular flexibility index (Phi) is 5.66. The molecule has 0 amide bonds. The van der Waals surface area contributed by atoms with Crippen molar-refractivity contribution in [2.45, 2.75) is 19.4 Å². The second kappa shape index (κ2) is 8.12. The maximum absolute atomic E-state index is 5.52. The van der Waals surface area contributed by atoms with Gasteiger partial charge in [-0.1, -0.05) is 13.0 Å². The molecular formula is C17H20N4OS2. The summed E-state index contributed by atoms with van der Waals surface area (Å²) in [5, 5.41) is 12.9. The van der Waals surface area contributed by atoms with Crippen LogP contribution in [0.4, 0.5) is 0 Å². The lowest BCUT2D eigenvalue weighted by atomic mass is 10.1. The monoisotopic (exact) mass is 360 g/mol. The summed E-state index contributed by atoms with van der Waals surface area (Å²) in [6.07, 6.45) is 1.68. The molecule has 3 aromatic rings. The van der Waals surface area contributed by atoms with E-state index in [2.05, 4.69) is 44.4 Å². The number of rotatable bonds is 6. The first kappa shape index (κ1) is 16.7. The van der Waals surface area contributed by atoms with Gasteiger partial charge in [0.05, 0.1) is 17.1 Å². The van der Waals surface area contributed by atoms with E-state index in [1.165, 1.54) is 5.56 Å². The van der Waals surface area contributed by atoms with E-state index in [9.17, 15) is 0 Å². The third-order valence-electron chi connectivity index (χ3n) is 3.63. The molecule has 0 spiro atoms. The molecule has 0 aromatic carbocycles. The number of oxazole rings is 1. The Balaban J connectivity index is 1.49. The molecule has 0 radical (unpaired) electrons. The number of hydrogen-bond donors (Lipinski definition) is 2. The van der Waals surface area contributed by atoms with Gasteiger partial charge < -0.3 is 15.1 Å². The van der Waals surface area contributed by atoms with Gasteiger partial charge in [0, 0.05) is 13.6 Å². The standard InChI is InChI=1S/C17H20N4OS2/c1-12(13-5-7-23-11-13)8-19-17(18-2)20-9-14-10-22-16(21-14)15-4-3-6-24-15/h3-7,10-12H,8-9H2,1-2H3,(H2,18,19,20). The van der Waals surface area contributed by atoms with E-state index in [0.29, 0.717) is 18.4 Å². The van der Waals surface area contributed by atoms with Crippen molar-refractivity contribution in [1.29, 1.82) is 0 Å². The zero-order valence-corrected chi connectivity index (χ0v) is 15.3. The minimum Gasteiger partial charge on any atom is -0.443 e. The van der Waals surface area contributed by atoms with Crippen molar-refractivity contribution in [3.05, 3.63) is 51.9 Å². The highest BCUT2D eigenvalue weighted by molar-refractivity contribution is 7.13. The molecule has 0 saturated carbocycles. The van der Waals surface area contributed by atoms with Crippen LogP contribution >= 0.6 is 22.7 Å². The molecule has 1 unspecified atom stereocenters. The summed E-state index contributed by atoms with van der Waals surface area (Å²) in [4.78, 5) is 9.78. The summed E-state index contributed by atoms with van der Waals surface area (Å²) in [6.45, 7) is 3.60. The number of nitrogens with zero attached hydrogens (tertiary/aromatic N) is 2. The fourth-order valence-corrected chi connectivity index (χ4v) is 3.66. The van der Waals surface area contributed by atoms with Crippen molar-refractivity contribution in [3.63, 3.8) is 0 Å². The number of nitrogens with one attached hydrogen (secondary N) is 2. The van der Waals surface area contributed by atoms with Gasteiger partial charge in [-0.05, 0) is 39.8 Å². The quantitative estimate of drug-likeness (QED) is 0.516. The fraction of sp³-hybridized carbons (Fsp3) is 0.294. The molecule has 1 atom stereocenters. The number of aromatic nitrogens is 1. The third kappa shape index (κ3) is 4.24. The van der Waals surface area contributed by atoms with Crippen LogP contribution in [0.15, 0.2) is 50.0 Å².